The van der Waals surface area contributed by atoms with Crippen molar-refractivity contribution < 1.29 is 14.4 Å². The van der Waals surface area contributed by atoms with Crippen LogP contribution in [0.2, 0.25) is 0 Å². The van der Waals surface area contributed by atoms with E-state index in [1.807, 2.05) is 37.3 Å². The average Bonchev–Trinajstić information content (AvgIpc) is 3.30. The van der Waals surface area contributed by atoms with Gasteiger partial charge in [-0.2, -0.15) is 0 Å². The lowest BCUT2D eigenvalue weighted by Gasteiger charge is -2.25. The molecule has 0 spiro atoms. The fourth-order valence-electron chi connectivity index (χ4n) is 3.44. The lowest BCUT2D eigenvalue weighted by atomic mass is 10.0. The maximum Gasteiger partial charge on any atom is 0.262 e. The van der Waals surface area contributed by atoms with Crippen molar-refractivity contribution in [2.75, 3.05) is 5.32 Å². The second-order valence-electron chi connectivity index (χ2n) is 6.97. The van der Waals surface area contributed by atoms with E-state index in [9.17, 15) is 14.4 Å². The second-order valence-corrected chi connectivity index (χ2v) is 8.03. The first-order valence-corrected chi connectivity index (χ1v) is 10.5. The highest BCUT2D eigenvalue weighted by Crippen LogP contribution is 2.27. The predicted molar refractivity (Wildman–Crippen MR) is 113 cm³/mol. The molecule has 1 N–H and O–H groups in total. The molecule has 0 aliphatic carbocycles. The van der Waals surface area contributed by atoms with Crippen LogP contribution in [0.3, 0.4) is 0 Å². The maximum absolute atomic E-state index is 13.2. The SMILES string of the molecule is CCCc1nnc(NC(=O)[C@H](Cc2ccccc2)N2C(=O)c3ccccc3C2=O)s1. The summed E-state index contributed by atoms with van der Waals surface area (Å²) in [5.74, 6) is -1.39. The minimum atomic E-state index is -1.00. The second kappa shape index (κ2) is 8.54. The number of fused-ring (bicyclic) bond motifs is 1. The van der Waals surface area contributed by atoms with Crippen molar-refractivity contribution in [3.05, 3.63) is 76.3 Å². The van der Waals surface area contributed by atoms with E-state index in [4.69, 9.17) is 0 Å². The van der Waals surface area contributed by atoms with Crippen molar-refractivity contribution in [1.82, 2.24) is 15.1 Å². The van der Waals surface area contributed by atoms with E-state index in [1.165, 1.54) is 11.3 Å². The summed E-state index contributed by atoms with van der Waals surface area (Å²) in [6.07, 6.45) is 1.91. The van der Waals surface area contributed by atoms with E-state index in [2.05, 4.69) is 15.5 Å². The van der Waals surface area contributed by atoms with Crippen molar-refractivity contribution in [1.29, 1.82) is 0 Å². The monoisotopic (exact) mass is 420 g/mol. The molecule has 0 bridgehead atoms. The van der Waals surface area contributed by atoms with Gasteiger partial charge in [0.05, 0.1) is 11.1 Å². The highest BCUT2D eigenvalue weighted by molar-refractivity contribution is 7.15. The zero-order valence-electron chi connectivity index (χ0n) is 16.4. The first kappa shape index (κ1) is 19.9. The molecule has 1 aromatic heterocycles. The quantitative estimate of drug-likeness (QED) is 0.592. The Morgan fingerprint density at radius 1 is 1.00 bits per heavy atom. The molecule has 1 aliphatic rings. The Balaban J connectivity index is 1.63. The third-order valence-corrected chi connectivity index (χ3v) is 5.77. The Morgan fingerprint density at radius 2 is 1.63 bits per heavy atom. The van der Waals surface area contributed by atoms with Gasteiger partial charge in [0.1, 0.15) is 11.0 Å². The minimum absolute atomic E-state index is 0.207. The zero-order valence-corrected chi connectivity index (χ0v) is 17.2. The third-order valence-electron chi connectivity index (χ3n) is 4.87. The molecule has 8 heteroatoms. The highest BCUT2D eigenvalue weighted by Gasteiger charge is 2.42. The van der Waals surface area contributed by atoms with Crippen molar-refractivity contribution in [2.45, 2.75) is 32.2 Å². The lowest BCUT2D eigenvalue weighted by molar-refractivity contribution is -0.119. The first-order chi connectivity index (χ1) is 14.6. The minimum Gasteiger partial charge on any atom is -0.299 e. The molecule has 0 unspecified atom stereocenters. The number of nitrogens with zero attached hydrogens (tertiary/aromatic N) is 3. The molecule has 0 saturated carbocycles. The van der Waals surface area contributed by atoms with Crippen LogP contribution in [0.4, 0.5) is 5.13 Å². The number of anilines is 1. The molecule has 30 heavy (non-hydrogen) atoms. The fraction of sp³-hybridized carbons (Fsp3) is 0.227. The summed E-state index contributed by atoms with van der Waals surface area (Å²) in [5.41, 5.74) is 1.47. The Morgan fingerprint density at radius 3 is 2.27 bits per heavy atom. The van der Waals surface area contributed by atoms with E-state index in [0.717, 1.165) is 28.3 Å². The summed E-state index contributed by atoms with van der Waals surface area (Å²) in [7, 11) is 0. The number of carbonyl (C=O) groups excluding carboxylic acids is 3. The van der Waals surface area contributed by atoms with Gasteiger partial charge in [0.2, 0.25) is 11.0 Å². The maximum atomic E-state index is 13.2. The van der Waals surface area contributed by atoms with Crippen molar-refractivity contribution >= 4 is 34.2 Å². The van der Waals surface area contributed by atoms with E-state index < -0.39 is 23.8 Å². The van der Waals surface area contributed by atoms with Crippen molar-refractivity contribution in [3.8, 4) is 0 Å². The number of amides is 3. The van der Waals surface area contributed by atoms with Gasteiger partial charge in [0.15, 0.2) is 0 Å². The van der Waals surface area contributed by atoms with Crippen LogP contribution in [0.15, 0.2) is 54.6 Å². The molecule has 4 rings (SSSR count). The van der Waals surface area contributed by atoms with E-state index in [-0.39, 0.29) is 6.42 Å². The van der Waals surface area contributed by atoms with E-state index >= 15 is 0 Å². The first-order valence-electron chi connectivity index (χ1n) is 9.72. The largest absolute Gasteiger partial charge is 0.299 e. The fourth-order valence-corrected chi connectivity index (χ4v) is 4.28. The van der Waals surface area contributed by atoms with Crippen LogP contribution in [0.1, 0.15) is 44.6 Å². The summed E-state index contributed by atoms with van der Waals surface area (Å²) < 4.78 is 0. The number of aryl methyl sites for hydroxylation is 1. The topological polar surface area (TPSA) is 92.3 Å². The van der Waals surface area contributed by atoms with E-state index in [1.54, 1.807) is 24.3 Å². The molecule has 2 heterocycles. The van der Waals surface area contributed by atoms with E-state index in [0.29, 0.717) is 16.3 Å². The van der Waals surface area contributed by atoms with Gasteiger partial charge in [0.25, 0.3) is 11.8 Å². The Hall–Kier alpha value is -3.39. The summed E-state index contributed by atoms with van der Waals surface area (Å²) in [5, 5.41) is 12.0. The van der Waals surface area contributed by atoms with Gasteiger partial charge in [-0.25, -0.2) is 0 Å². The van der Waals surface area contributed by atoms with Gasteiger partial charge in [-0.1, -0.05) is 60.7 Å². The lowest BCUT2D eigenvalue weighted by Crippen LogP contribution is -2.48. The molecule has 0 radical (unpaired) electrons. The Labute approximate surface area is 177 Å². The van der Waals surface area contributed by atoms with Crippen LogP contribution < -0.4 is 5.32 Å². The number of aromatic nitrogens is 2. The molecule has 2 aromatic carbocycles. The predicted octanol–water partition coefficient (Wildman–Crippen LogP) is 3.34. The molecule has 1 aliphatic heterocycles. The van der Waals surface area contributed by atoms with Gasteiger partial charge in [-0.15, -0.1) is 10.2 Å². The third kappa shape index (κ3) is 3.86. The van der Waals surface area contributed by atoms with Crippen molar-refractivity contribution in [2.24, 2.45) is 0 Å². The Bertz CT molecular complexity index is 1060. The average molecular weight is 420 g/mol. The van der Waals surface area contributed by atoms with Crippen LogP contribution in [-0.4, -0.2) is 38.9 Å². The Kier molecular flexibility index (Phi) is 5.67. The number of nitrogens with one attached hydrogen (secondary N) is 1. The van der Waals surface area contributed by atoms with Crippen LogP contribution in [0, 0.1) is 0 Å². The molecular weight excluding hydrogens is 400 g/mol. The summed E-state index contributed by atoms with van der Waals surface area (Å²) in [6.45, 7) is 2.04. The van der Waals surface area contributed by atoms with Gasteiger partial charge in [-0.05, 0) is 24.1 Å². The summed E-state index contributed by atoms with van der Waals surface area (Å²) in [4.78, 5) is 40.2. The summed E-state index contributed by atoms with van der Waals surface area (Å²) >= 11 is 1.30. The van der Waals surface area contributed by atoms with Gasteiger partial charge in [0, 0.05) is 12.8 Å². The standard InChI is InChI=1S/C22H20N4O3S/c1-2-8-18-24-25-22(30-18)23-19(27)17(13-14-9-4-3-5-10-14)26-20(28)15-11-6-7-12-16(15)21(26)29/h3-7,9-12,17H,2,8,13H2,1H3,(H,23,25,27)/t17-/m0/s1. The molecule has 0 fully saturated rings. The number of hydrogen-bond acceptors (Lipinski definition) is 6. The van der Waals surface area contributed by atoms with Crippen LogP contribution in [0.5, 0.6) is 0 Å². The van der Waals surface area contributed by atoms with Gasteiger partial charge >= 0.3 is 0 Å². The zero-order chi connectivity index (χ0) is 21.1. The number of carbonyl (C=O) groups is 3. The molecule has 0 saturated heterocycles. The molecule has 3 aromatic rings. The van der Waals surface area contributed by atoms with Crippen molar-refractivity contribution in [3.63, 3.8) is 0 Å². The molecule has 3 amide bonds. The van der Waals surface area contributed by atoms with Crippen LogP contribution in [0.25, 0.3) is 0 Å². The van der Waals surface area contributed by atoms with Crippen LogP contribution >= 0.6 is 11.3 Å². The summed E-state index contributed by atoms with van der Waals surface area (Å²) in [6, 6.07) is 14.9. The van der Waals surface area contributed by atoms with Crippen LogP contribution in [-0.2, 0) is 17.6 Å². The molecule has 152 valence electrons. The molecular formula is C22H20N4O3S. The number of benzene rings is 2. The normalized spacial score (nSPS) is 14.0. The smallest absolute Gasteiger partial charge is 0.262 e. The molecule has 7 nitrogen and oxygen atoms in total. The number of hydrogen-bond donors (Lipinski definition) is 1. The number of imide groups is 1. The van der Waals surface area contributed by atoms with Gasteiger partial charge in [-0.3, -0.25) is 24.6 Å². The van der Waals surface area contributed by atoms with Gasteiger partial charge < -0.3 is 0 Å². The highest BCUT2D eigenvalue weighted by atomic mass is 32.1. The number of rotatable bonds is 7. The molecule has 1 atom stereocenters.